The van der Waals surface area contributed by atoms with Gasteiger partial charge in [-0.25, -0.2) is 4.99 Å². The number of carbonyl (C=O) groups excluding carboxylic acids is 2. The molecule has 2 aliphatic rings. The van der Waals surface area contributed by atoms with Crippen molar-refractivity contribution >= 4 is 36.6 Å². The third-order valence-electron chi connectivity index (χ3n) is 2.87. The summed E-state index contributed by atoms with van der Waals surface area (Å²) in [6.07, 6.45) is 0.996. The fraction of sp³-hybridized carbons (Fsp3) is 0.636. The molecule has 10 nitrogen and oxygen atoms in total. The first-order valence-electron chi connectivity index (χ1n) is 6.42. The lowest BCUT2D eigenvalue weighted by Gasteiger charge is -2.27. The summed E-state index contributed by atoms with van der Waals surface area (Å²) in [5.74, 6) is -0.720. The van der Waals surface area contributed by atoms with Crippen molar-refractivity contribution in [2.45, 2.75) is 25.2 Å². The van der Waals surface area contributed by atoms with Crippen LogP contribution in [0.3, 0.4) is 0 Å². The van der Waals surface area contributed by atoms with Crippen molar-refractivity contribution in [3.05, 3.63) is 0 Å². The molecule has 2 rings (SSSR count). The maximum atomic E-state index is 11.6. The maximum absolute atomic E-state index is 11.6. The molecule has 2 aliphatic heterocycles. The van der Waals surface area contributed by atoms with Crippen LogP contribution in [-0.4, -0.2) is 67.3 Å². The van der Waals surface area contributed by atoms with Gasteiger partial charge in [-0.1, -0.05) is 0 Å². The lowest BCUT2D eigenvalue weighted by molar-refractivity contribution is -0.146. The van der Waals surface area contributed by atoms with E-state index < -0.39 is 24.2 Å². The highest BCUT2D eigenvalue weighted by Crippen LogP contribution is 2.17. The van der Waals surface area contributed by atoms with Gasteiger partial charge < -0.3 is 25.8 Å². The van der Waals surface area contributed by atoms with Crippen molar-refractivity contribution in [3.63, 3.8) is 0 Å². The van der Waals surface area contributed by atoms with Crippen molar-refractivity contribution in [2.75, 3.05) is 19.9 Å². The fourth-order valence-electron chi connectivity index (χ4n) is 1.82. The number of amides is 1. The van der Waals surface area contributed by atoms with Gasteiger partial charge in [-0.2, -0.15) is 0 Å². The Hall–Kier alpha value is -1.91. The quantitative estimate of drug-likeness (QED) is 0.367. The molecule has 0 fully saturated rings. The van der Waals surface area contributed by atoms with Crippen LogP contribution < -0.4 is 16.8 Å². The van der Waals surface area contributed by atoms with Crippen LogP contribution in [0.4, 0.5) is 0 Å². The second-order valence-electron chi connectivity index (χ2n) is 4.63. The van der Waals surface area contributed by atoms with E-state index in [1.54, 1.807) is 11.8 Å². The van der Waals surface area contributed by atoms with Crippen molar-refractivity contribution < 1.29 is 19.1 Å². The van der Waals surface area contributed by atoms with Crippen LogP contribution in [0.1, 0.15) is 6.92 Å². The molecule has 0 aliphatic carbocycles. The van der Waals surface area contributed by atoms with E-state index in [4.69, 9.17) is 20.9 Å². The molecule has 0 spiro atoms. The number of fused-ring (bicyclic) bond motifs is 1. The number of hydrogen-bond acceptors (Lipinski definition) is 9. The summed E-state index contributed by atoms with van der Waals surface area (Å²) in [6, 6.07) is -1.27. The summed E-state index contributed by atoms with van der Waals surface area (Å²) in [6.45, 7) is 2.00. The molecule has 0 aromatic rings. The normalized spacial score (nSPS) is 24.0. The van der Waals surface area contributed by atoms with Crippen molar-refractivity contribution in [2.24, 2.45) is 21.5 Å². The third kappa shape index (κ3) is 4.29. The summed E-state index contributed by atoms with van der Waals surface area (Å²) in [4.78, 5) is 32.5. The van der Waals surface area contributed by atoms with Gasteiger partial charge in [0.15, 0.2) is 18.2 Å². The van der Waals surface area contributed by atoms with E-state index in [9.17, 15) is 9.59 Å². The average Bonchev–Trinajstić information content (AvgIpc) is 2.81. The predicted octanol–water partition coefficient (Wildman–Crippen LogP) is -2.24. The van der Waals surface area contributed by atoms with Gasteiger partial charge in [0.2, 0.25) is 0 Å². The maximum Gasteiger partial charge on any atom is 0.322 e. The predicted molar refractivity (Wildman–Crippen MR) is 80.3 cm³/mol. The fourth-order valence-corrected chi connectivity index (χ4v) is 1.82. The first-order valence-corrected chi connectivity index (χ1v) is 6.42. The number of halogens is 1. The second kappa shape index (κ2) is 7.92. The highest BCUT2D eigenvalue weighted by atomic mass is 35.5. The van der Waals surface area contributed by atoms with Crippen molar-refractivity contribution in [1.82, 2.24) is 10.2 Å². The third-order valence-corrected chi connectivity index (χ3v) is 2.87. The van der Waals surface area contributed by atoms with Crippen LogP contribution in [0.15, 0.2) is 9.98 Å². The minimum atomic E-state index is -0.658. The van der Waals surface area contributed by atoms with Gasteiger partial charge in [-0.05, 0) is 6.92 Å². The van der Waals surface area contributed by atoms with E-state index in [0.717, 1.165) is 0 Å². The Morgan fingerprint density at radius 3 is 2.95 bits per heavy atom. The molecular weight excluding hydrogens is 316 g/mol. The molecular formula is C11H19ClN6O4. The average molecular weight is 335 g/mol. The largest absolute Gasteiger partial charge is 0.462 e. The Kier molecular flexibility index (Phi) is 6.53. The van der Waals surface area contributed by atoms with Crippen LogP contribution in [0.2, 0.25) is 0 Å². The molecule has 11 heteroatoms. The van der Waals surface area contributed by atoms with E-state index in [1.807, 2.05) is 0 Å². The standard InChI is InChI=1S/C11H18N6O4.ClH/c1-6(12)10(19)21-3-2-20-5-17-4-14-7-8(17)15-11(13)16-9(7)18;/h4,6-8H,2-3,5,12H2,1H3,(H3,13,15,16,18);1H/t6-,7?,8?;/m0./s1. The van der Waals surface area contributed by atoms with Crippen molar-refractivity contribution in [3.8, 4) is 0 Å². The van der Waals surface area contributed by atoms with Gasteiger partial charge in [0, 0.05) is 0 Å². The molecule has 22 heavy (non-hydrogen) atoms. The summed E-state index contributed by atoms with van der Waals surface area (Å²) in [5.41, 5.74) is 10.9. The van der Waals surface area contributed by atoms with Gasteiger partial charge >= 0.3 is 5.97 Å². The molecule has 0 aromatic heterocycles. The Morgan fingerprint density at radius 2 is 2.27 bits per heavy atom. The number of ether oxygens (including phenoxy) is 2. The van der Waals surface area contributed by atoms with E-state index in [-0.39, 0.29) is 44.2 Å². The topological polar surface area (TPSA) is 145 Å². The Labute approximate surface area is 133 Å². The molecule has 3 atom stereocenters. The smallest absolute Gasteiger partial charge is 0.322 e. The minimum absolute atomic E-state index is 0. The summed E-state index contributed by atoms with van der Waals surface area (Å²) in [7, 11) is 0. The van der Waals surface area contributed by atoms with Crippen LogP contribution in [0.5, 0.6) is 0 Å². The van der Waals surface area contributed by atoms with E-state index in [2.05, 4.69) is 15.3 Å². The van der Waals surface area contributed by atoms with Crippen LogP contribution in [0, 0.1) is 0 Å². The second-order valence-corrected chi connectivity index (χ2v) is 4.63. The van der Waals surface area contributed by atoms with Gasteiger partial charge in [0.1, 0.15) is 19.4 Å². The number of nitrogens with two attached hydrogens (primary N) is 2. The Bertz CT molecular complexity index is 483. The van der Waals surface area contributed by atoms with Crippen LogP contribution in [0.25, 0.3) is 0 Å². The lowest BCUT2D eigenvalue weighted by Crippen LogP contribution is -2.54. The van der Waals surface area contributed by atoms with Gasteiger partial charge in [-0.15, -0.1) is 12.4 Å². The zero-order valence-electron chi connectivity index (χ0n) is 12.0. The van der Waals surface area contributed by atoms with Crippen LogP contribution >= 0.6 is 12.4 Å². The number of carbonyl (C=O) groups is 2. The molecule has 0 saturated heterocycles. The summed E-state index contributed by atoms with van der Waals surface area (Å²) in [5, 5.41) is 2.41. The number of hydrogen-bond donors (Lipinski definition) is 3. The molecule has 124 valence electrons. The Morgan fingerprint density at radius 1 is 1.55 bits per heavy atom. The molecule has 2 unspecified atom stereocenters. The summed E-state index contributed by atoms with van der Waals surface area (Å²) >= 11 is 0. The lowest BCUT2D eigenvalue weighted by atomic mass is 10.2. The number of nitrogens with one attached hydrogen (secondary N) is 1. The highest BCUT2D eigenvalue weighted by molar-refractivity contribution is 6.02. The monoisotopic (exact) mass is 334 g/mol. The summed E-state index contributed by atoms with van der Waals surface area (Å²) < 4.78 is 10.2. The zero-order chi connectivity index (χ0) is 15.4. The molecule has 0 bridgehead atoms. The van der Waals surface area contributed by atoms with E-state index >= 15 is 0 Å². The van der Waals surface area contributed by atoms with Crippen molar-refractivity contribution in [1.29, 1.82) is 0 Å². The Balaban J connectivity index is 0.00000242. The first-order chi connectivity index (χ1) is 9.99. The van der Waals surface area contributed by atoms with E-state index in [1.165, 1.54) is 6.34 Å². The van der Waals surface area contributed by atoms with Crippen LogP contribution in [-0.2, 0) is 19.1 Å². The number of guanidine groups is 1. The number of aliphatic imine (C=N–C) groups is 2. The minimum Gasteiger partial charge on any atom is -0.462 e. The van der Waals surface area contributed by atoms with Gasteiger partial charge in [-0.3, -0.25) is 19.9 Å². The molecule has 0 radical (unpaired) electrons. The van der Waals surface area contributed by atoms with Gasteiger partial charge in [0.05, 0.1) is 12.9 Å². The molecule has 0 saturated carbocycles. The SMILES string of the molecule is C[C@H](N)C(=O)OCCOCN1C=NC2C(=O)NC(N)=NC21.Cl. The number of nitrogens with zero attached hydrogens (tertiary/aromatic N) is 3. The van der Waals surface area contributed by atoms with E-state index in [0.29, 0.717) is 0 Å². The molecule has 0 aromatic carbocycles. The molecule has 2 heterocycles. The molecule has 1 amide bonds. The highest BCUT2D eigenvalue weighted by Gasteiger charge is 2.39. The molecule has 5 N–H and O–H groups in total. The van der Waals surface area contributed by atoms with Gasteiger partial charge in [0.25, 0.3) is 5.91 Å². The first kappa shape index (κ1) is 18.1. The number of esters is 1. The zero-order valence-corrected chi connectivity index (χ0v) is 12.8. The number of rotatable bonds is 6.